The Hall–Kier alpha value is -1.64. The fourth-order valence-corrected chi connectivity index (χ4v) is 4.23. The second-order valence-electron chi connectivity index (χ2n) is 5.92. The number of likely N-dealkylation sites (N-methyl/N-ethyl adjacent to an activating group) is 2. The van der Waals surface area contributed by atoms with E-state index in [-0.39, 0.29) is 23.9 Å². The fraction of sp³-hybridized carbons (Fsp3) is 0.588. The van der Waals surface area contributed by atoms with Gasteiger partial charge in [-0.2, -0.15) is 4.31 Å². The van der Waals surface area contributed by atoms with E-state index in [2.05, 4.69) is 11.8 Å². The molecule has 0 aliphatic carbocycles. The molecule has 0 spiro atoms. The highest BCUT2D eigenvalue weighted by atomic mass is 32.2. The topological polar surface area (TPSA) is 70.2 Å². The van der Waals surface area contributed by atoms with Crippen molar-refractivity contribution >= 4 is 15.9 Å². The molecular weight excluding hydrogens is 342 g/mol. The van der Waals surface area contributed by atoms with Gasteiger partial charge in [0.1, 0.15) is 5.75 Å². The molecule has 25 heavy (non-hydrogen) atoms. The first-order valence-corrected chi connectivity index (χ1v) is 10.0. The van der Waals surface area contributed by atoms with Crippen LogP contribution in [0.1, 0.15) is 13.8 Å². The van der Waals surface area contributed by atoms with Crippen molar-refractivity contribution in [2.75, 3.05) is 52.9 Å². The van der Waals surface area contributed by atoms with Crippen LogP contribution in [0.2, 0.25) is 0 Å². The molecule has 8 heteroatoms. The van der Waals surface area contributed by atoms with E-state index in [0.717, 1.165) is 19.6 Å². The number of carbonyl (C=O) groups is 1. The lowest BCUT2D eigenvalue weighted by Crippen LogP contribution is -2.51. The Morgan fingerprint density at radius 2 is 1.72 bits per heavy atom. The Morgan fingerprint density at radius 3 is 2.20 bits per heavy atom. The molecule has 2 rings (SSSR count). The molecule has 7 nitrogen and oxygen atoms in total. The Labute approximate surface area is 150 Å². The molecule has 0 bridgehead atoms. The largest absolute Gasteiger partial charge is 0.497 e. The quantitative estimate of drug-likeness (QED) is 0.713. The summed E-state index contributed by atoms with van der Waals surface area (Å²) in [5.41, 5.74) is 0. The van der Waals surface area contributed by atoms with Gasteiger partial charge in [0.2, 0.25) is 15.9 Å². The second-order valence-corrected chi connectivity index (χ2v) is 7.86. The molecule has 0 saturated carbocycles. The van der Waals surface area contributed by atoms with Crippen molar-refractivity contribution in [1.29, 1.82) is 0 Å². The van der Waals surface area contributed by atoms with E-state index in [0.29, 0.717) is 18.8 Å². The summed E-state index contributed by atoms with van der Waals surface area (Å²) in [5, 5.41) is 0. The first kappa shape index (κ1) is 19.7. The van der Waals surface area contributed by atoms with E-state index >= 15 is 0 Å². The van der Waals surface area contributed by atoms with Crippen LogP contribution in [0.25, 0.3) is 0 Å². The molecule has 140 valence electrons. The maximum atomic E-state index is 12.8. The molecule has 0 N–H and O–H groups in total. The average molecular weight is 369 g/mol. The number of amides is 1. The third-order valence-corrected chi connectivity index (χ3v) is 6.47. The van der Waals surface area contributed by atoms with Crippen molar-refractivity contribution < 1.29 is 17.9 Å². The number of sulfonamides is 1. The van der Waals surface area contributed by atoms with Gasteiger partial charge in [-0.05, 0) is 30.8 Å². The van der Waals surface area contributed by atoms with Crippen LogP contribution in [0, 0.1) is 0 Å². The number of ether oxygens (including phenoxy) is 1. The molecule has 0 atom stereocenters. The number of rotatable bonds is 7. The van der Waals surface area contributed by atoms with Gasteiger partial charge in [0.05, 0.1) is 18.6 Å². The summed E-state index contributed by atoms with van der Waals surface area (Å²) < 4.78 is 31.9. The zero-order chi connectivity index (χ0) is 18.4. The van der Waals surface area contributed by atoms with Crippen molar-refractivity contribution in [3.05, 3.63) is 24.3 Å². The van der Waals surface area contributed by atoms with Gasteiger partial charge in [0.25, 0.3) is 0 Å². The maximum Gasteiger partial charge on any atom is 0.243 e. The third kappa shape index (κ3) is 4.71. The number of benzene rings is 1. The van der Waals surface area contributed by atoms with Crippen molar-refractivity contribution in [1.82, 2.24) is 14.1 Å². The van der Waals surface area contributed by atoms with Gasteiger partial charge in [-0.15, -0.1) is 0 Å². The van der Waals surface area contributed by atoms with Crippen LogP contribution >= 0.6 is 0 Å². The summed E-state index contributed by atoms with van der Waals surface area (Å²) in [7, 11) is -2.18. The predicted molar refractivity (Wildman–Crippen MR) is 96.1 cm³/mol. The Balaban J connectivity index is 2.06. The third-order valence-electron chi connectivity index (χ3n) is 4.53. The highest BCUT2D eigenvalue weighted by Gasteiger charge is 2.28. The zero-order valence-corrected chi connectivity index (χ0v) is 16.0. The lowest BCUT2D eigenvalue weighted by atomic mass is 10.3. The molecule has 1 heterocycles. The summed E-state index contributed by atoms with van der Waals surface area (Å²) in [4.78, 5) is 16.7. The van der Waals surface area contributed by atoms with Crippen molar-refractivity contribution in [3.8, 4) is 5.75 Å². The van der Waals surface area contributed by atoms with E-state index in [1.54, 1.807) is 24.0 Å². The SMILES string of the molecule is CCN1CCN(C(=O)CN(CC)S(=O)(=O)c2ccc(OC)cc2)CC1. The fourth-order valence-electron chi connectivity index (χ4n) is 2.83. The summed E-state index contributed by atoms with van der Waals surface area (Å²) in [6.45, 7) is 7.88. The first-order valence-electron chi connectivity index (χ1n) is 8.56. The zero-order valence-electron chi connectivity index (χ0n) is 15.1. The lowest BCUT2D eigenvalue weighted by molar-refractivity contribution is -0.133. The summed E-state index contributed by atoms with van der Waals surface area (Å²) in [6, 6.07) is 6.21. The minimum Gasteiger partial charge on any atom is -0.497 e. The molecule has 0 aromatic heterocycles. The molecule has 1 amide bonds. The summed E-state index contributed by atoms with van der Waals surface area (Å²) >= 11 is 0. The highest BCUT2D eigenvalue weighted by molar-refractivity contribution is 7.89. The molecule has 1 aromatic rings. The lowest BCUT2D eigenvalue weighted by Gasteiger charge is -2.35. The predicted octanol–water partition coefficient (Wildman–Crippen LogP) is 0.870. The number of hydrogen-bond acceptors (Lipinski definition) is 5. The molecular formula is C17H27N3O4S. The normalized spacial score (nSPS) is 16.2. The molecule has 1 fully saturated rings. The van der Waals surface area contributed by atoms with Crippen LogP contribution in [-0.2, 0) is 14.8 Å². The van der Waals surface area contributed by atoms with Crippen molar-refractivity contribution in [2.24, 2.45) is 0 Å². The van der Waals surface area contributed by atoms with Gasteiger partial charge in [-0.3, -0.25) is 4.79 Å². The van der Waals surface area contributed by atoms with Crippen LogP contribution in [0.4, 0.5) is 0 Å². The van der Waals surface area contributed by atoms with Crippen LogP contribution in [0.15, 0.2) is 29.2 Å². The molecule has 1 aromatic carbocycles. The van der Waals surface area contributed by atoms with Crippen LogP contribution in [-0.4, -0.2) is 81.4 Å². The average Bonchev–Trinajstić information content (AvgIpc) is 2.65. The van der Waals surface area contributed by atoms with E-state index in [4.69, 9.17) is 4.74 Å². The molecule has 0 radical (unpaired) electrons. The Morgan fingerprint density at radius 1 is 1.12 bits per heavy atom. The maximum absolute atomic E-state index is 12.8. The van der Waals surface area contributed by atoms with E-state index in [1.807, 2.05) is 0 Å². The van der Waals surface area contributed by atoms with Crippen molar-refractivity contribution in [3.63, 3.8) is 0 Å². The van der Waals surface area contributed by atoms with Gasteiger partial charge >= 0.3 is 0 Å². The Kier molecular flexibility index (Phi) is 6.80. The smallest absolute Gasteiger partial charge is 0.243 e. The molecule has 1 aliphatic rings. The van der Waals surface area contributed by atoms with Gasteiger partial charge in [-0.1, -0.05) is 13.8 Å². The van der Waals surface area contributed by atoms with Gasteiger partial charge in [-0.25, -0.2) is 8.42 Å². The van der Waals surface area contributed by atoms with Gasteiger partial charge in [0, 0.05) is 32.7 Å². The minimum atomic E-state index is -3.71. The summed E-state index contributed by atoms with van der Waals surface area (Å²) in [5.74, 6) is 0.446. The van der Waals surface area contributed by atoms with E-state index < -0.39 is 10.0 Å². The van der Waals surface area contributed by atoms with Crippen molar-refractivity contribution in [2.45, 2.75) is 18.7 Å². The number of methoxy groups -OCH3 is 1. The molecule has 1 aliphatic heterocycles. The standard InChI is InChI=1S/C17H27N3O4S/c1-4-18-10-12-19(13-11-18)17(21)14-20(5-2)25(22,23)16-8-6-15(24-3)7-9-16/h6-9H,4-5,10-14H2,1-3H3. The number of piperazine rings is 1. The highest BCUT2D eigenvalue weighted by Crippen LogP contribution is 2.19. The van der Waals surface area contributed by atoms with Crippen LogP contribution in [0.5, 0.6) is 5.75 Å². The monoisotopic (exact) mass is 369 g/mol. The summed E-state index contributed by atoms with van der Waals surface area (Å²) in [6.07, 6.45) is 0. The minimum absolute atomic E-state index is 0.128. The second kappa shape index (κ2) is 8.64. The number of nitrogens with zero attached hydrogens (tertiary/aromatic N) is 3. The first-order chi connectivity index (χ1) is 11.9. The Bertz CT molecular complexity index is 668. The molecule has 0 unspecified atom stereocenters. The van der Waals surface area contributed by atoms with Crippen LogP contribution in [0.3, 0.4) is 0 Å². The number of carbonyl (C=O) groups excluding carboxylic acids is 1. The van der Waals surface area contributed by atoms with E-state index in [9.17, 15) is 13.2 Å². The van der Waals surface area contributed by atoms with E-state index in [1.165, 1.54) is 23.5 Å². The van der Waals surface area contributed by atoms with Crippen LogP contribution < -0.4 is 4.74 Å². The molecule has 1 saturated heterocycles. The number of hydrogen-bond donors (Lipinski definition) is 0. The van der Waals surface area contributed by atoms with Gasteiger partial charge in [0.15, 0.2) is 0 Å². The van der Waals surface area contributed by atoms with Gasteiger partial charge < -0.3 is 14.5 Å².